The highest BCUT2D eigenvalue weighted by molar-refractivity contribution is 5.79. The number of imidazole rings is 1. The molecule has 3 aromatic rings. The number of nitrogens with two attached hydrogens (primary N) is 1. The second-order valence-electron chi connectivity index (χ2n) is 5.18. The van der Waals surface area contributed by atoms with E-state index in [4.69, 9.17) is 11.0 Å². The van der Waals surface area contributed by atoms with Gasteiger partial charge in [0.25, 0.3) is 0 Å². The molecule has 0 saturated heterocycles. The highest BCUT2D eigenvalue weighted by Crippen LogP contribution is 2.20. The first-order valence-electron chi connectivity index (χ1n) is 6.89. The monoisotopic (exact) mass is 276 g/mol. The third-order valence-electron chi connectivity index (χ3n) is 3.61. The van der Waals surface area contributed by atoms with Gasteiger partial charge in [-0.15, -0.1) is 0 Å². The molecule has 104 valence electrons. The lowest BCUT2D eigenvalue weighted by atomic mass is 10.1. The zero-order valence-corrected chi connectivity index (χ0v) is 11.9. The molecular formula is C17H16N4. The molecule has 0 saturated carbocycles. The molecule has 0 aliphatic carbocycles. The van der Waals surface area contributed by atoms with Crippen LogP contribution in [0, 0.1) is 18.3 Å². The summed E-state index contributed by atoms with van der Waals surface area (Å²) in [5, 5.41) is 9.02. The summed E-state index contributed by atoms with van der Waals surface area (Å²) in [5.74, 6) is 0.493. The molecule has 4 nitrogen and oxygen atoms in total. The molecule has 21 heavy (non-hydrogen) atoms. The summed E-state index contributed by atoms with van der Waals surface area (Å²) < 4.78 is 1.97. The van der Waals surface area contributed by atoms with E-state index in [0.717, 1.165) is 24.0 Å². The van der Waals surface area contributed by atoms with E-state index in [2.05, 4.69) is 42.2 Å². The van der Waals surface area contributed by atoms with Crippen LogP contribution < -0.4 is 5.73 Å². The number of nitrogens with zero attached hydrogens (tertiary/aromatic N) is 3. The second kappa shape index (κ2) is 5.29. The smallest absolute Gasteiger partial charge is 0.201 e. The number of aryl methyl sites for hydroxylation is 3. The molecule has 2 N–H and O–H groups in total. The minimum atomic E-state index is 0.493. The van der Waals surface area contributed by atoms with E-state index in [-0.39, 0.29) is 0 Å². The van der Waals surface area contributed by atoms with E-state index in [0.29, 0.717) is 11.5 Å². The highest BCUT2D eigenvalue weighted by atomic mass is 15.1. The predicted octanol–water partition coefficient (Wildman–Crippen LogP) is 3.04. The highest BCUT2D eigenvalue weighted by Gasteiger charge is 2.09. The zero-order chi connectivity index (χ0) is 14.8. The standard InChI is InChI=1S/C17H16N4/c1-12-3-2-4-13(9-12)7-8-21-16-10-14(11-18)5-6-15(16)20-17(21)19/h2-6,9-10H,7-8H2,1H3,(H2,19,20). The molecule has 0 aliphatic heterocycles. The van der Waals surface area contributed by atoms with Crippen LogP contribution >= 0.6 is 0 Å². The fourth-order valence-corrected chi connectivity index (χ4v) is 2.55. The summed E-state index contributed by atoms with van der Waals surface area (Å²) in [6, 6.07) is 16.0. The molecule has 1 aromatic heterocycles. The summed E-state index contributed by atoms with van der Waals surface area (Å²) in [7, 11) is 0. The average molecular weight is 276 g/mol. The number of nitriles is 1. The van der Waals surface area contributed by atoms with Crippen LogP contribution in [0.5, 0.6) is 0 Å². The van der Waals surface area contributed by atoms with E-state index in [1.165, 1.54) is 11.1 Å². The fourth-order valence-electron chi connectivity index (χ4n) is 2.55. The Hall–Kier alpha value is -2.80. The quantitative estimate of drug-likeness (QED) is 0.799. The fraction of sp³-hybridized carbons (Fsp3) is 0.176. The van der Waals surface area contributed by atoms with Crippen molar-refractivity contribution in [3.05, 3.63) is 59.2 Å². The van der Waals surface area contributed by atoms with Crippen molar-refractivity contribution in [3.63, 3.8) is 0 Å². The average Bonchev–Trinajstić information content (AvgIpc) is 2.79. The third-order valence-corrected chi connectivity index (χ3v) is 3.61. The van der Waals surface area contributed by atoms with Gasteiger partial charge in [-0.3, -0.25) is 0 Å². The first-order chi connectivity index (χ1) is 10.2. The molecule has 0 atom stereocenters. The van der Waals surface area contributed by atoms with Crippen molar-refractivity contribution in [3.8, 4) is 6.07 Å². The zero-order valence-electron chi connectivity index (χ0n) is 11.9. The van der Waals surface area contributed by atoms with E-state index in [1.54, 1.807) is 6.07 Å². The van der Waals surface area contributed by atoms with Crippen molar-refractivity contribution >= 4 is 17.0 Å². The van der Waals surface area contributed by atoms with Crippen molar-refractivity contribution in [2.75, 3.05) is 5.73 Å². The molecular weight excluding hydrogens is 260 g/mol. The number of nitrogen functional groups attached to an aromatic ring is 1. The Bertz CT molecular complexity index is 840. The second-order valence-corrected chi connectivity index (χ2v) is 5.18. The molecule has 0 fully saturated rings. The molecule has 0 amide bonds. The van der Waals surface area contributed by atoms with Gasteiger partial charge in [0.2, 0.25) is 5.95 Å². The largest absolute Gasteiger partial charge is 0.369 e. The van der Waals surface area contributed by atoms with Crippen molar-refractivity contribution in [1.29, 1.82) is 5.26 Å². The normalized spacial score (nSPS) is 10.7. The summed E-state index contributed by atoms with van der Waals surface area (Å²) >= 11 is 0. The Morgan fingerprint density at radius 1 is 1.24 bits per heavy atom. The van der Waals surface area contributed by atoms with Crippen LogP contribution in [0.1, 0.15) is 16.7 Å². The van der Waals surface area contributed by atoms with Gasteiger partial charge in [-0.05, 0) is 37.1 Å². The van der Waals surface area contributed by atoms with Crippen LogP contribution in [0.15, 0.2) is 42.5 Å². The summed E-state index contributed by atoms with van der Waals surface area (Å²) in [4.78, 5) is 4.35. The van der Waals surface area contributed by atoms with Gasteiger partial charge in [-0.25, -0.2) is 4.98 Å². The molecule has 0 spiro atoms. The van der Waals surface area contributed by atoms with Crippen molar-refractivity contribution in [1.82, 2.24) is 9.55 Å². The van der Waals surface area contributed by atoms with Gasteiger partial charge in [0, 0.05) is 6.54 Å². The molecule has 0 radical (unpaired) electrons. The number of aromatic nitrogens is 2. The first-order valence-corrected chi connectivity index (χ1v) is 6.89. The van der Waals surface area contributed by atoms with Gasteiger partial charge >= 0.3 is 0 Å². The topological polar surface area (TPSA) is 67.6 Å². The van der Waals surface area contributed by atoms with Gasteiger partial charge in [0.15, 0.2) is 0 Å². The maximum Gasteiger partial charge on any atom is 0.201 e. The van der Waals surface area contributed by atoms with E-state index in [1.807, 2.05) is 16.7 Å². The Morgan fingerprint density at radius 3 is 2.86 bits per heavy atom. The van der Waals surface area contributed by atoms with Crippen LogP contribution in [0.3, 0.4) is 0 Å². The van der Waals surface area contributed by atoms with Crippen LogP contribution in [-0.4, -0.2) is 9.55 Å². The van der Waals surface area contributed by atoms with E-state index >= 15 is 0 Å². The minimum absolute atomic E-state index is 0.493. The van der Waals surface area contributed by atoms with Crippen molar-refractivity contribution in [2.24, 2.45) is 0 Å². The number of anilines is 1. The number of fused-ring (bicyclic) bond motifs is 1. The Balaban J connectivity index is 1.93. The Labute approximate surface area is 123 Å². The van der Waals surface area contributed by atoms with E-state index < -0.39 is 0 Å². The number of hydrogen-bond donors (Lipinski definition) is 1. The Kier molecular flexibility index (Phi) is 3.33. The molecule has 0 unspecified atom stereocenters. The molecule has 1 heterocycles. The molecule has 3 rings (SSSR count). The molecule has 2 aromatic carbocycles. The first kappa shape index (κ1) is 13.2. The van der Waals surface area contributed by atoms with Crippen LogP contribution in [0.4, 0.5) is 5.95 Å². The van der Waals surface area contributed by atoms with Gasteiger partial charge in [-0.1, -0.05) is 29.8 Å². The number of rotatable bonds is 3. The third kappa shape index (κ3) is 2.59. The summed E-state index contributed by atoms with van der Waals surface area (Å²) in [6.07, 6.45) is 0.883. The number of hydrogen-bond acceptors (Lipinski definition) is 3. The molecule has 4 heteroatoms. The maximum absolute atomic E-state index is 9.02. The maximum atomic E-state index is 9.02. The SMILES string of the molecule is Cc1cccc(CCn2c(N)nc3ccc(C#N)cc32)c1. The Morgan fingerprint density at radius 2 is 2.10 bits per heavy atom. The number of benzene rings is 2. The molecule has 0 bridgehead atoms. The predicted molar refractivity (Wildman–Crippen MR) is 83.7 cm³/mol. The van der Waals surface area contributed by atoms with Crippen molar-refractivity contribution in [2.45, 2.75) is 19.9 Å². The lowest BCUT2D eigenvalue weighted by Crippen LogP contribution is -2.05. The molecule has 0 aliphatic rings. The van der Waals surface area contributed by atoms with E-state index in [9.17, 15) is 0 Å². The summed E-state index contributed by atoms with van der Waals surface area (Å²) in [6.45, 7) is 2.84. The van der Waals surface area contributed by atoms with Crippen molar-refractivity contribution < 1.29 is 0 Å². The lowest BCUT2D eigenvalue weighted by Gasteiger charge is -2.07. The van der Waals surface area contributed by atoms with Gasteiger partial charge in [-0.2, -0.15) is 5.26 Å². The van der Waals surface area contributed by atoms with Gasteiger partial charge < -0.3 is 10.3 Å². The van der Waals surface area contributed by atoms with Crippen LogP contribution in [0.2, 0.25) is 0 Å². The van der Waals surface area contributed by atoms with Crippen LogP contribution in [-0.2, 0) is 13.0 Å². The van der Waals surface area contributed by atoms with Gasteiger partial charge in [0.05, 0.1) is 22.7 Å². The minimum Gasteiger partial charge on any atom is -0.369 e. The lowest BCUT2D eigenvalue weighted by molar-refractivity contribution is 0.725. The summed E-state index contributed by atoms with van der Waals surface area (Å²) in [5.41, 5.74) is 10.9. The van der Waals surface area contributed by atoms with Crippen LogP contribution in [0.25, 0.3) is 11.0 Å². The van der Waals surface area contributed by atoms with Gasteiger partial charge in [0.1, 0.15) is 0 Å².